The number of urea groups is 1. The molecule has 1 heterocycles. The van der Waals surface area contributed by atoms with E-state index < -0.39 is 0 Å². The average molecular weight is 358 g/mol. The van der Waals surface area contributed by atoms with Crippen LogP contribution in [0.5, 0.6) is 0 Å². The van der Waals surface area contributed by atoms with Gasteiger partial charge in [0.05, 0.1) is 6.04 Å². The molecule has 1 aliphatic rings. The molecule has 2 aromatic rings. The molecular formula is C19H20ClN3O2. The standard InChI is InChI=1S/C19H20ClN3O2/c1-12-7-13(2)9-15(8-12)21-19(25)22-16-10-18(24)23(11-16)17-5-3-14(20)4-6-17/h3-9,16H,10-11H2,1-2H3,(H2,21,22,25). The minimum absolute atomic E-state index is 0.0148. The lowest BCUT2D eigenvalue weighted by atomic mass is 10.1. The Kier molecular flexibility index (Phi) is 4.95. The predicted octanol–water partition coefficient (Wildman–Crippen LogP) is 3.88. The van der Waals surface area contributed by atoms with Crippen LogP contribution < -0.4 is 15.5 Å². The van der Waals surface area contributed by atoms with Crippen LogP contribution in [0.3, 0.4) is 0 Å². The Hall–Kier alpha value is -2.53. The molecule has 6 heteroatoms. The second-order valence-corrected chi connectivity index (χ2v) is 6.79. The molecule has 0 spiro atoms. The largest absolute Gasteiger partial charge is 0.333 e. The molecule has 2 aromatic carbocycles. The fraction of sp³-hybridized carbons (Fsp3) is 0.263. The van der Waals surface area contributed by atoms with Crippen molar-refractivity contribution in [3.8, 4) is 0 Å². The van der Waals surface area contributed by atoms with Crippen molar-refractivity contribution in [1.82, 2.24) is 5.32 Å². The maximum absolute atomic E-state index is 12.2. The molecule has 1 fully saturated rings. The third-order valence-corrected chi connectivity index (χ3v) is 4.33. The van der Waals surface area contributed by atoms with Gasteiger partial charge in [-0.3, -0.25) is 4.79 Å². The molecule has 0 aromatic heterocycles. The van der Waals surface area contributed by atoms with E-state index in [-0.39, 0.29) is 24.4 Å². The quantitative estimate of drug-likeness (QED) is 0.875. The summed E-state index contributed by atoms with van der Waals surface area (Å²) in [5.41, 5.74) is 3.70. The molecule has 1 atom stereocenters. The highest BCUT2D eigenvalue weighted by Crippen LogP contribution is 2.23. The molecule has 0 radical (unpaired) electrons. The van der Waals surface area contributed by atoms with Crippen LogP contribution in [0, 0.1) is 13.8 Å². The van der Waals surface area contributed by atoms with Crippen molar-refractivity contribution in [1.29, 1.82) is 0 Å². The molecule has 0 saturated carbocycles. The molecule has 1 aliphatic heterocycles. The van der Waals surface area contributed by atoms with Crippen LogP contribution in [0.2, 0.25) is 5.02 Å². The smallest absolute Gasteiger partial charge is 0.319 e. The first-order valence-corrected chi connectivity index (χ1v) is 8.50. The number of amides is 3. The Morgan fingerprint density at radius 2 is 1.76 bits per heavy atom. The zero-order chi connectivity index (χ0) is 18.0. The van der Waals surface area contributed by atoms with Crippen LogP contribution in [0.25, 0.3) is 0 Å². The van der Waals surface area contributed by atoms with Gasteiger partial charge in [-0.15, -0.1) is 0 Å². The van der Waals surface area contributed by atoms with Gasteiger partial charge in [0.25, 0.3) is 0 Å². The lowest BCUT2D eigenvalue weighted by molar-refractivity contribution is -0.117. The van der Waals surface area contributed by atoms with Crippen molar-refractivity contribution in [3.05, 3.63) is 58.6 Å². The Morgan fingerprint density at radius 1 is 1.12 bits per heavy atom. The molecule has 5 nitrogen and oxygen atoms in total. The zero-order valence-corrected chi connectivity index (χ0v) is 14.9. The molecular weight excluding hydrogens is 338 g/mol. The van der Waals surface area contributed by atoms with Crippen LogP contribution >= 0.6 is 11.6 Å². The third kappa shape index (κ3) is 4.31. The van der Waals surface area contributed by atoms with Gasteiger partial charge in [0.1, 0.15) is 0 Å². The Balaban J connectivity index is 1.61. The lowest BCUT2D eigenvalue weighted by Crippen LogP contribution is -2.39. The van der Waals surface area contributed by atoms with Crippen molar-refractivity contribution in [3.63, 3.8) is 0 Å². The molecule has 0 bridgehead atoms. The zero-order valence-electron chi connectivity index (χ0n) is 14.2. The van der Waals surface area contributed by atoms with E-state index in [1.165, 1.54) is 0 Å². The van der Waals surface area contributed by atoms with Crippen molar-refractivity contribution in [2.75, 3.05) is 16.8 Å². The number of halogens is 1. The first kappa shape index (κ1) is 17.3. The molecule has 3 rings (SSSR count). The number of carbonyl (C=O) groups excluding carboxylic acids is 2. The first-order valence-electron chi connectivity index (χ1n) is 8.12. The molecule has 1 unspecified atom stereocenters. The molecule has 130 valence electrons. The van der Waals surface area contributed by atoms with E-state index in [1.54, 1.807) is 29.2 Å². The maximum atomic E-state index is 12.2. The summed E-state index contributed by atoms with van der Waals surface area (Å²) in [4.78, 5) is 26.1. The van der Waals surface area contributed by atoms with E-state index in [2.05, 4.69) is 10.6 Å². The number of aryl methyl sites for hydroxylation is 2. The van der Waals surface area contributed by atoms with Crippen molar-refractivity contribution < 1.29 is 9.59 Å². The summed E-state index contributed by atoms with van der Waals surface area (Å²) in [5, 5.41) is 6.32. The normalized spacial score (nSPS) is 16.8. The Morgan fingerprint density at radius 3 is 2.40 bits per heavy atom. The number of nitrogens with one attached hydrogen (secondary N) is 2. The monoisotopic (exact) mass is 357 g/mol. The SMILES string of the molecule is Cc1cc(C)cc(NC(=O)NC2CC(=O)N(c3ccc(Cl)cc3)C2)c1. The summed E-state index contributed by atoms with van der Waals surface area (Å²) < 4.78 is 0. The molecule has 0 aliphatic carbocycles. The third-order valence-electron chi connectivity index (χ3n) is 4.08. The minimum atomic E-state index is -0.305. The topological polar surface area (TPSA) is 61.4 Å². The summed E-state index contributed by atoms with van der Waals surface area (Å²) in [6.07, 6.45) is 0.281. The fourth-order valence-corrected chi connectivity index (χ4v) is 3.20. The number of nitrogens with zero attached hydrogens (tertiary/aromatic N) is 1. The number of benzene rings is 2. The van der Waals surface area contributed by atoms with Crippen LogP contribution in [0.4, 0.5) is 16.2 Å². The second-order valence-electron chi connectivity index (χ2n) is 6.36. The Bertz CT molecular complexity index is 785. The van der Waals surface area contributed by atoms with E-state index in [0.717, 1.165) is 22.5 Å². The number of carbonyl (C=O) groups is 2. The van der Waals surface area contributed by atoms with Gasteiger partial charge in [0.15, 0.2) is 0 Å². The van der Waals surface area contributed by atoms with E-state index in [9.17, 15) is 9.59 Å². The van der Waals surface area contributed by atoms with E-state index in [4.69, 9.17) is 11.6 Å². The average Bonchev–Trinajstić information content (AvgIpc) is 2.87. The lowest BCUT2D eigenvalue weighted by Gasteiger charge is -2.17. The maximum Gasteiger partial charge on any atom is 0.319 e. The fourth-order valence-electron chi connectivity index (χ4n) is 3.07. The van der Waals surface area contributed by atoms with E-state index >= 15 is 0 Å². The van der Waals surface area contributed by atoms with Gasteiger partial charge in [-0.1, -0.05) is 17.7 Å². The van der Waals surface area contributed by atoms with Crippen molar-refractivity contribution >= 4 is 34.9 Å². The van der Waals surface area contributed by atoms with E-state index in [1.807, 2.05) is 32.0 Å². The van der Waals surface area contributed by atoms with Gasteiger partial charge in [0.2, 0.25) is 5.91 Å². The summed E-state index contributed by atoms with van der Waals surface area (Å²) >= 11 is 5.88. The second kappa shape index (κ2) is 7.15. The van der Waals surface area contributed by atoms with Gasteiger partial charge in [-0.25, -0.2) is 4.79 Å². The van der Waals surface area contributed by atoms with E-state index in [0.29, 0.717) is 11.6 Å². The van der Waals surface area contributed by atoms with Crippen molar-refractivity contribution in [2.24, 2.45) is 0 Å². The number of hydrogen-bond acceptors (Lipinski definition) is 2. The molecule has 25 heavy (non-hydrogen) atoms. The highest BCUT2D eigenvalue weighted by molar-refractivity contribution is 6.30. The number of anilines is 2. The van der Waals surface area contributed by atoms with Crippen LogP contribution in [0.1, 0.15) is 17.5 Å². The van der Waals surface area contributed by atoms with Crippen molar-refractivity contribution in [2.45, 2.75) is 26.3 Å². The van der Waals surface area contributed by atoms with Gasteiger partial charge in [-0.2, -0.15) is 0 Å². The number of rotatable bonds is 3. The summed E-state index contributed by atoms with van der Waals surface area (Å²) in [6.45, 7) is 4.41. The minimum Gasteiger partial charge on any atom is -0.333 e. The summed E-state index contributed by atoms with van der Waals surface area (Å²) in [6, 6.07) is 12.4. The summed E-state index contributed by atoms with van der Waals surface area (Å²) in [5.74, 6) is -0.0148. The van der Waals surface area contributed by atoms with Crippen LogP contribution in [0.15, 0.2) is 42.5 Å². The van der Waals surface area contributed by atoms with Crippen LogP contribution in [-0.4, -0.2) is 24.5 Å². The predicted molar refractivity (Wildman–Crippen MR) is 100 cm³/mol. The molecule has 2 N–H and O–H groups in total. The van der Waals surface area contributed by atoms with Crippen LogP contribution in [-0.2, 0) is 4.79 Å². The van der Waals surface area contributed by atoms with Gasteiger partial charge >= 0.3 is 6.03 Å². The van der Waals surface area contributed by atoms with Gasteiger partial charge < -0.3 is 15.5 Å². The molecule has 3 amide bonds. The Labute approximate surface area is 152 Å². The number of hydrogen-bond donors (Lipinski definition) is 2. The molecule has 1 saturated heterocycles. The van der Waals surface area contributed by atoms with Gasteiger partial charge in [0, 0.05) is 29.4 Å². The van der Waals surface area contributed by atoms with Gasteiger partial charge in [-0.05, 0) is 61.4 Å². The first-order chi connectivity index (χ1) is 11.9. The highest BCUT2D eigenvalue weighted by atomic mass is 35.5. The highest BCUT2D eigenvalue weighted by Gasteiger charge is 2.31. The summed E-state index contributed by atoms with van der Waals surface area (Å²) in [7, 11) is 0.